The molecule has 0 spiro atoms. The van der Waals surface area contributed by atoms with Crippen molar-refractivity contribution in [2.24, 2.45) is 10.7 Å². The summed E-state index contributed by atoms with van der Waals surface area (Å²) in [4.78, 5) is 20.2. The van der Waals surface area contributed by atoms with E-state index in [1.165, 1.54) is 0 Å². The third-order valence-corrected chi connectivity index (χ3v) is 4.15. The molecule has 1 heterocycles. The Morgan fingerprint density at radius 2 is 2.07 bits per heavy atom. The number of hydrogen-bond donors (Lipinski definition) is 2. The number of aromatic nitrogens is 2. The fraction of sp³-hybridized carbons (Fsp3) is 0.450. The molecule has 0 saturated carbocycles. The van der Waals surface area contributed by atoms with Crippen molar-refractivity contribution in [3.05, 3.63) is 48.0 Å². The zero-order valence-corrected chi connectivity index (χ0v) is 16.3. The number of unbranched alkanes of at least 4 members (excludes halogenated alkanes) is 1. The first kappa shape index (κ1) is 20.5. The van der Waals surface area contributed by atoms with Gasteiger partial charge in [0, 0.05) is 25.4 Å². The number of carbonyl (C=O) groups is 1. The van der Waals surface area contributed by atoms with Crippen LogP contribution in [0.25, 0.3) is 0 Å². The first-order valence-corrected chi connectivity index (χ1v) is 9.24. The number of para-hydroxylation sites is 1. The number of carbonyl (C=O) groups excluding carboxylic acids is 1. The lowest BCUT2D eigenvalue weighted by atomic mass is 10.1. The van der Waals surface area contributed by atoms with Gasteiger partial charge in [0.25, 0.3) is 0 Å². The summed E-state index contributed by atoms with van der Waals surface area (Å²) in [5.41, 5.74) is 8.03. The van der Waals surface area contributed by atoms with Crippen LogP contribution in [0.3, 0.4) is 0 Å². The van der Waals surface area contributed by atoms with Gasteiger partial charge in [-0.3, -0.25) is 14.4 Å². The molecule has 2 aromatic rings. The van der Waals surface area contributed by atoms with Crippen LogP contribution in [0.15, 0.2) is 41.9 Å². The lowest BCUT2D eigenvalue weighted by Gasteiger charge is -2.17. The van der Waals surface area contributed by atoms with Crippen LogP contribution in [0.2, 0.25) is 0 Å². The van der Waals surface area contributed by atoms with Crippen LogP contribution in [0.4, 0.5) is 0 Å². The second kappa shape index (κ2) is 10.4. The number of ether oxygens (including phenoxy) is 1. The van der Waals surface area contributed by atoms with E-state index >= 15 is 0 Å². The number of nitrogens with two attached hydrogens (primary N) is 1. The number of nitrogens with zero attached hydrogens (tertiary/aromatic N) is 3. The molecule has 1 unspecified atom stereocenters. The van der Waals surface area contributed by atoms with Gasteiger partial charge in [0.1, 0.15) is 18.7 Å². The Kier molecular flexibility index (Phi) is 7.85. The van der Waals surface area contributed by atoms with Gasteiger partial charge in [0.2, 0.25) is 11.9 Å². The summed E-state index contributed by atoms with van der Waals surface area (Å²) in [5, 5.41) is 2.97. The van der Waals surface area contributed by atoms with Gasteiger partial charge < -0.3 is 15.8 Å². The average molecular weight is 371 g/mol. The Labute approximate surface area is 160 Å². The summed E-state index contributed by atoms with van der Waals surface area (Å²) in [6.45, 7) is 7.02. The second-order valence-electron chi connectivity index (χ2n) is 6.67. The number of amides is 1. The predicted octanol–water partition coefficient (Wildman–Crippen LogP) is 2.42. The van der Waals surface area contributed by atoms with Crippen molar-refractivity contribution >= 4 is 11.9 Å². The summed E-state index contributed by atoms with van der Waals surface area (Å²) < 4.78 is 7.54. The Morgan fingerprint density at radius 1 is 1.33 bits per heavy atom. The molecule has 0 saturated heterocycles. The maximum absolute atomic E-state index is 12.0. The van der Waals surface area contributed by atoms with Crippen molar-refractivity contribution in [3.8, 4) is 5.75 Å². The third kappa shape index (κ3) is 6.77. The first-order chi connectivity index (χ1) is 13.0. The lowest BCUT2D eigenvalue weighted by molar-refractivity contribution is -0.122. The van der Waals surface area contributed by atoms with Gasteiger partial charge in [-0.05, 0) is 44.7 Å². The lowest BCUT2D eigenvalue weighted by Crippen LogP contribution is -2.36. The Balaban J connectivity index is 1.63. The zero-order chi connectivity index (χ0) is 19.6. The normalized spacial score (nSPS) is 12.6. The van der Waals surface area contributed by atoms with Crippen molar-refractivity contribution in [1.29, 1.82) is 0 Å². The van der Waals surface area contributed by atoms with E-state index in [0.717, 1.165) is 29.7 Å². The van der Waals surface area contributed by atoms with E-state index in [4.69, 9.17) is 10.5 Å². The molecule has 0 bridgehead atoms. The van der Waals surface area contributed by atoms with Gasteiger partial charge in [-0.1, -0.05) is 18.2 Å². The Hall–Kier alpha value is -2.83. The summed E-state index contributed by atoms with van der Waals surface area (Å²) >= 11 is 0. The van der Waals surface area contributed by atoms with E-state index in [0.29, 0.717) is 25.5 Å². The minimum atomic E-state index is -0.0496. The van der Waals surface area contributed by atoms with Crippen LogP contribution in [0.1, 0.15) is 37.3 Å². The maximum atomic E-state index is 12.0. The average Bonchev–Trinajstić information content (AvgIpc) is 3.15. The van der Waals surface area contributed by atoms with E-state index < -0.39 is 0 Å². The molecule has 1 atom stereocenters. The number of benzene rings is 1. The number of imidazole rings is 1. The van der Waals surface area contributed by atoms with Crippen molar-refractivity contribution in [3.63, 3.8) is 0 Å². The summed E-state index contributed by atoms with van der Waals surface area (Å²) in [5.74, 6) is 1.33. The van der Waals surface area contributed by atoms with E-state index in [1.807, 2.05) is 39.0 Å². The number of aryl methyl sites for hydroxylation is 2. The summed E-state index contributed by atoms with van der Waals surface area (Å²) in [6.07, 6.45) is 7.03. The molecular weight excluding hydrogens is 342 g/mol. The molecule has 146 valence electrons. The monoisotopic (exact) mass is 371 g/mol. The molecule has 0 aliphatic carbocycles. The van der Waals surface area contributed by atoms with Crippen LogP contribution in [0, 0.1) is 13.8 Å². The number of nitrogens with one attached hydrogen (secondary N) is 1. The highest BCUT2D eigenvalue weighted by atomic mass is 16.5. The van der Waals surface area contributed by atoms with Gasteiger partial charge in [0.15, 0.2) is 0 Å². The highest BCUT2D eigenvalue weighted by Gasteiger charge is 2.10. The highest BCUT2D eigenvalue weighted by molar-refractivity contribution is 5.80. The molecule has 0 radical (unpaired) electrons. The minimum absolute atomic E-state index is 0.0270. The van der Waals surface area contributed by atoms with Crippen LogP contribution in [-0.2, 0) is 4.79 Å². The SMILES string of the molecule is Cc1cccc(C)c1OCC(C)NC(=O)CCCCN=C(N)n1ccnc1. The molecule has 0 aliphatic heterocycles. The molecule has 0 fully saturated rings. The van der Waals surface area contributed by atoms with Crippen molar-refractivity contribution in [1.82, 2.24) is 14.9 Å². The maximum Gasteiger partial charge on any atom is 0.220 e. The standard InChI is InChI=1S/C20H29N5O2/c1-15-7-6-8-16(2)19(15)27-13-17(3)24-18(26)9-4-5-10-23-20(21)25-12-11-22-14-25/h6-8,11-12,14,17H,4-5,9-10,13H2,1-3H3,(H2,21,23)(H,24,26). The molecule has 2 rings (SSSR count). The third-order valence-electron chi connectivity index (χ3n) is 4.15. The van der Waals surface area contributed by atoms with Crippen molar-refractivity contribution < 1.29 is 9.53 Å². The van der Waals surface area contributed by atoms with Crippen molar-refractivity contribution in [2.75, 3.05) is 13.2 Å². The Bertz CT molecular complexity index is 735. The molecule has 1 aromatic heterocycles. The zero-order valence-electron chi connectivity index (χ0n) is 16.3. The Morgan fingerprint density at radius 3 is 2.74 bits per heavy atom. The van der Waals surface area contributed by atoms with E-state index in [2.05, 4.69) is 15.3 Å². The van der Waals surface area contributed by atoms with Gasteiger partial charge >= 0.3 is 0 Å². The fourth-order valence-corrected chi connectivity index (χ4v) is 2.69. The molecular formula is C20H29N5O2. The van der Waals surface area contributed by atoms with Gasteiger partial charge in [-0.25, -0.2) is 4.98 Å². The van der Waals surface area contributed by atoms with Gasteiger partial charge in [0.05, 0.1) is 6.04 Å². The quantitative estimate of drug-likeness (QED) is 0.402. The molecule has 0 aliphatic rings. The van der Waals surface area contributed by atoms with Gasteiger partial charge in [-0.15, -0.1) is 0 Å². The predicted molar refractivity (Wildman–Crippen MR) is 107 cm³/mol. The van der Waals surface area contributed by atoms with Crippen LogP contribution >= 0.6 is 0 Å². The number of aliphatic imine (C=N–C) groups is 1. The molecule has 1 aromatic carbocycles. The smallest absolute Gasteiger partial charge is 0.220 e. The second-order valence-corrected chi connectivity index (χ2v) is 6.67. The van der Waals surface area contributed by atoms with E-state index in [9.17, 15) is 4.79 Å². The molecule has 27 heavy (non-hydrogen) atoms. The molecule has 7 heteroatoms. The van der Waals surface area contributed by atoms with Crippen molar-refractivity contribution in [2.45, 2.75) is 46.1 Å². The first-order valence-electron chi connectivity index (χ1n) is 9.24. The van der Waals surface area contributed by atoms with Crippen LogP contribution < -0.4 is 15.8 Å². The molecule has 1 amide bonds. The van der Waals surface area contributed by atoms with E-state index in [-0.39, 0.29) is 11.9 Å². The van der Waals surface area contributed by atoms with Crippen LogP contribution in [0.5, 0.6) is 5.75 Å². The van der Waals surface area contributed by atoms with E-state index in [1.54, 1.807) is 23.3 Å². The number of rotatable bonds is 9. The molecule has 3 N–H and O–H groups in total. The van der Waals surface area contributed by atoms with Gasteiger partial charge in [-0.2, -0.15) is 0 Å². The largest absolute Gasteiger partial charge is 0.491 e. The minimum Gasteiger partial charge on any atom is -0.491 e. The summed E-state index contributed by atoms with van der Waals surface area (Å²) in [7, 11) is 0. The number of hydrogen-bond acceptors (Lipinski definition) is 4. The summed E-state index contributed by atoms with van der Waals surface area (Å²) in [6, 6.07) is 6.00. The highest BCUT2D eigenvalue weighted by Crippen LogP contribution is 2.22. The molecule has 7 nitrogen and oxygen atoms in total. The van der Waals surface area contributed by atoms with Crippen LogP contribution in [-0.4, -0.2) is 40.6 Å². The fourth-order valence-electron chi connectivity index (χ4n) is 2.69. The topological polar surface area (TPSA) is 94.5 Å².